The Balaban J connectivity index is 1.77. The highest BCUT2D eigenvalue weighted by atomic mass is 35.5. The molecule has 1 aliphatic carbocycles. The second-order valence-corrected chi connectivity index (χ2v) is 6.10. The number of aromatic nitrogens is 4. The van der Waals surface area contributed by atoms with Crippen molar-refractivity contribution < 1.29 is 4.79 Å². The molecule has 0 aliphatic heterocycles. The Labute approximate surface area is 142 Å². The fourth-order valence-corrected chi connectivity index (χ4v) is 2.81. The Morgan fingerprint density at radius 3 is 2.67 bits per heavy atom. The highest BCUT2D eigenvalue weighted by Gasteiger charge is 2.47. The maximum Gasteiger partial charge on any atom is 0.312 e. The number of nitrogens with two attached hydrogens (primary N) is 1. The van der Waals surface area contributed by atoms with Crippen molar-refractivity contribution in [3.63, 3.8) is 0 Å². The summed E-state index contributed by atoms with van der Waals surface area (Å²) in [6.07, 6.45) is 3.24. The molecule has 0 spiro atoms. The van der Waals surface area contributed by atoms with Gasteiger partial charge in [0.05, 0.1) is 23.1 Å². The third kappa shape index (κ3) is 2.63. The molecule has 2 amide bonds. The maximum absolute atomic E-state index is 11.2. The van der Waals surface area contributed by atoms with Crippen molar-refractivity contribution in [3.8, 4) is 11.4 Å². The molecule has 8 heteroatoms. The molecule has 120 valence electrons. The first-order valence-corrected chi connectivity index (χ1v) is 7.78. The smallest absolute Gasteiger partial charge is 0.312 e. The second-order valence-electron chi connectivity index (χ2n) is 5.71. The number of rotatable bonds is 3. The molecule has 1 saturated carbocycles. The predicted octanol–water partition coefficient (Wildman–Crippen LogP) is 2.40. The number of pyridine rings is 2. The summed E-state index contributed by atoms with van der Waals surface area (Å²) in [7, 11) is 0. The predicted molar refractivity (Wildman–Crippen MR) is 89.2 cm³/mol. The SMILES string of the molecule is NC(=O)NC1(c2ccc3ncc(-c4cccc(Cl)n4)nc3n2)CC1. The number of hydrogen-bond acceptors (Lipinski definition) is 5. The molecule has 0 atom stereocenters. The van der Waals surface area contributed by atoms with Gasteiger partial charge < -0.3 is 11.1 Å². The molecule has 3 aromatic rings. The number of halogens is 1. The van der Waals surface area contributed by atoms with Gasteiger partial charge in [0, 0.05) is 0 Å². The van der Waals surface area contributed by atoms with Crippen molar-refractivity contribution in [2.75, 3.05) is 0 Å². The van der Waals surface area contributed by atoms with E-state index in [9.17, 15) is 4.79 Å². The van der Waals surface area contributed by atoms with Crippen molar-refractivity contribution in [2.24, 2.45) is 5.73 Å². The van der Waals surface area contributed by atoms with Crippen molar-refractivity contribution in [2.45, 2.75) is 18.4 Å². The van der Waals surface area contributed by atoms with E-state index in [4.69, 9.17) is 17.3 Å². The standard InChI is InChI=1S/C16H13ClN6O/c17-13-3-1-2-9(20-13)11-8-19-10-4-5-12(22-14(10)21-11)16(6-7-16)23-15(18)24/h1-5,8H,6-7H2,(H3,18,23,24). The second kappa shape index (κ2) is 5.38. The lowest BCUT2D eigenvalue weighted by molar-refractivity contribution is 0.244. The van der Waals surface area contributed by atoms with Crippen molar-refractivity contribution >= 4 is 28.8 Å². The minimum absolute atomic E-state index is 0.388. The first-order chi connectivity index (χ1) is 11.6. The van der Waals surface area contributed by atoms with Gasteiger partial charge in [-0.1, -0.05) is 17.7 Å². The summed E-state index contributed by atoms with van der Waals surface area (Å²) in [5.74, 6) is 0. The van der Waals surface area contributed by atoms with Gasteiger partial charge in [-0.15, -0.1) is 0 Å². The Hall–Kier alpha value is -2.80. The van der Waals surface area contributed by atoms with E-state index < -0.39 is 11.6 Å². The molecule has 3 N–H and O–H groups in total. The Bertz CT molecular complexity index is 956. The van der Waals surface area contributed by atoms with E-state index in [-0.39, 0.29) is 0 Å². The van der Waals surface area contributed by atoms with Gasteiger partial charge in [-0.3, -0.25) is 4.98 Å². The monoisotopic (exact) mass is 340 g/mol. The molecule has 0 aromatic carbocycles. The summed E-state index contributed by atoms with van der Waals surface area (Å²) in [5, 5.41) is 3.15. The fourth-order valence-electron chi connectivity index (χ4n) is 2.64. The molecular weight excluding hydrogens is 328 g/mol. The number of fused-ring (bicyclic) bond motifs is 1. The summed E-state index contributed by atoms with van der Waals surface area (Å²) < 4.78 is 0. The number of hydrogen-bond donors (Lipinski definition) is 2. The Morgan fingerprint density at radius 2 is 1.96 bits per heavy atom. The maximum atomic E-state index is 11.2. The van der Waals surface area contributed by atoms with Crippen LogP contribution in [0.4, 0.5) is 4.79 Å². The zero-order valence-electron chi connectivity index (χ0n) is 12.5. The van der Waals surface area contributed by atoms with Crippen molar-refractivity contribution in [3.05, 3.63) is 47.4 Å². The number of amides is 2. The molecule has 1 fully saturated rings. The van der Waals surface area contributed by atoms with Crippen molar-refractivity contribution in [1.29, 1.82) is 0 Å². The van der Waals surface area contributed by atoms with Crippen LogP contribution in [0.5, 0.6) is 0 Å². The van der Waals surface area contributed by atoms with E-state index in [2.05, 4.69) is 25.3 Å². The summed E-state index contributed by atoms with van der Waals surface area (Å²) in [4.78, 5) is 28.9. The number of primary amides is 1. The number of nitrogens with one attached hydrogen (secondary N) is 1. The Morgan fingerprint density at radius 1 is 1.12 bits per heavy atom. The molecule has 3 aromatic heterocycles. The average Bonchev–Trinajstić information content (AvgIpc) is 3.34. The highest BCUT2D eigenvalue weighted by Crippen LogP contribution is 2.44. The lowest BCUT2D eigenvalue weighted by atomic mass is 10.1. The first-order valence-electron chi connectivity index (χ1n) is 7.41. The number of carbonyl (C=O) groups is 1. The molecule has 24 heavy (non-hydrogen) atoms. The number of urea groups is 1. The number of carbonyl (C=O) groups excluding carboxylic acids is 1. The zero-order chi connectivity index (χ0) is 16.7. The highest BCUT2D eigenvalue weighted by molar-refractivity contribution is 6.29. The van der Waals surface area contributed by atoms with Crippen LogP contribution in [0, 0.1) is 0 Å². The van der Waals surface area contributed by atoms with Crippen LogP contribution in [0.2, 0.25) is 5.15 Å². The topological polar surface area (TPSA) is 107 Å². The zero-order valence-corrected chi connectivity index (χ0v) is 13.3. The van der Waals surface area contributed by atoms with E-state index in [0.29, 0.717) is 27.7 Å². The fraction of sp³-hybridized carbons (Fsp3) is 0.188. The minimum Gasteiger partial charge on any atom is -0.352 e. The van der Waals surface area contributed by atoms with Crippen molar-refractivity contribution in [1.82, 2.24) is 25.3 Å². The van der Waals surface area contributed by atoms with Crippen LogP contribution in [0.1, 0.15) is 18.5 Å². The molecular formula is C16H13ClN6O. The van der Waals surface area contributed by atoms with Gasteiger partial charge in [-0.05, 0) is 37.1 Å². The van der Waals surface area contributed by atoms with E-state index in [0.717, 1.165) is 18.5 Å². The average molecular weight is 341 g/mol. The summed E-state index contributed by atoms with van der Waals surface area (Å²) in [5.41, 5.74) is 7.88. The largest absolute Gasteiger partial charge is 0.352 e. The van der Waals surface area contributed by atoms with Crippen LogP contribution in [-0.2, 0) is 5.54 Å². The molecule has 0 bridgehead atoms. The van der Waals surface area contributed by atoms with Gasteiger partial charge in [0.15, 0.2) is 5.65 Å². The van der Waals surface area contributed by atoms with E-state index in [1.54, 1.807) is 18.3 Å². The minimum atomic E-state index is -0.558. The van der Waals surface area contributed by atoms with Gasteiger partial charge in [-0.25, -0.2) is 19.7 Å². The molecule has 0 unspecified atom stereocenters. The first kappa shape index (κ1) is 14.8. The van der Waals surface area contributed by atoms with E-state index in [1.165, 1.54) is 0 Å². The molecule has 7 nitrogen and oxygen atoms in total. The normalized spacial score (nSPS) is 15.2. The van der Waals surface area contributed by atoms with Gasteiger partial charge in [0.2, 0.25) is 0 Å². The van der Waals surface area contributed by atoms with E-state index in [1.807, 2.05) is 18.2 Å². The van der Waals surface area contributed by atoms with Crippen LogP contribution in [-0.4, -0.2) is 26.0 Å². The van der Waals surface area contributed by atoms with Crippen LogP contribution in [0.15, 0.2) is 36.5 Å². The Kier molecular flexibility index (Phi) is 3.31. The molecule has 0 saturated heterocycles. The van der Waals surface area contributed by atoms with E-state index >= 15 is 0 Å². The summed E-state index contributed by atoms with van der Waals surface area (Å²) in [6.45, 7) is 0. The molecule has 4 rings (SSSR count). The van der Waals surface area contributed by atoms with Gasteiger partial charge >= 0.3 is 6.03 Å². The van der Waals surface area contributed by atoms with Gasteiger partial charge in [0.1, 0.15) is 16.4 Å². The lowest BCUT2D eigenvalue weighted by Gasteiger charge is -2.15. The van der Waals surface area contributed by atoms with Crippen LogP contribution < -0.4 is 11.1 Å². The van der Waals surface area contributed by atoms with Crippen LogP contribution in [0.25, 0.3) is 22.6 Å². The third-order valence-electron chi connectivity index (χ3n) is 3.99. The lowest BCUT2D eigenvalue weighted by Crippen LogP contribution is -2.39. The summed E-state index contributed by atoms with van der Waals surface area (Å²) >= 11 is 5.93. The van der Waals surface area contributed by atoms with Gasteiger partial charge in [-0.2, -0.15) is 0 Å². The third-order valence-corrected chi connectivity index (χ3v) is 4.20. The number of nitrogens with zero attached hydrogens (tertiary/aromatic N) is 4. The summed E-state index contributed by atoms with van der Waals surface area (Å²) in [6, 6.07) is 8.43. The van der Waals surface area contributed by atoms with Crippen LogP contribution in [0.3, 0.4) is 0 Å². The van der Waals surface area contributed by atoms with Gasteiger partial charge in [0.25, 0.3) is 0 Å². The molecule has 1 aliphatic rings. The molecule has 0 radical (unpaired) electrons. The van der Waals surface area contributed by atoms with Crippen LogP contribution >= 0.6 is 11.6 Å². The quantitative estimate of drug-likeness (QED) is 0.712. The molecule has 3 heterocycles.